The van der Waals surface area contributed by atoms with Crippen molar-refractivity contribution in [2.24, 2.45) is 0 Å². The van der Waals surface area contributed by atoms with Gasteiger partial charge in [0.2, 0.25) is 0 Å². The van der Waals surface area contributed by atoms with Crippen molar-refractivity contribution in [2.45, 2.75) is 59.4 Å². The predicted molar refractivity (Wildman–Crippen MR) is 75.5 cm³/mol. The van der Waals surface area contributed by atoms with Crippen LogP contribution in [0.1, 0.15) is 53.4 Å². The van der Waals surface area contributed by atoms with Crippen LogP contribution in [0.3, 0.4) is 0 Å². The first kappa shape index (κ1) is 18.0. The Labute approximate surface area is 117 Å². The average Bonchev–Trinajstić information content (AvgIpc) is 2.40. The van der Waals surface area contributed by atoms with Gasteiger partial charge in [0.1, 0.15) is 18.3 Å². The van der Waals surface area contributed by atoms with Crippen molar-refractivity contribution in [2.75, 3.05) is 19.6 Å². The lowest BCUT2D eigenvalue weighted by Gasteiger charge is -2.42. The van der Waals surface area contributed by atoms with Crippen LogP contribution in [0.15, 0.2) is 11.8 Å². The van der Waals surface area contributed by atoms with E-state index in [0.29, 0.717) is 29.9 Å². The Morgan fingerprint density at radius 3 is 2.26 bits per heavy atom. The summed E-state index contributed by atoms with van der Waals surface area (Å²) in [6.07, 6.45) is 6.05. The lowest BCUT2D eigenvalue weighted by molar-refractivity contribution is -0.937. The molecule has 4 heteroatoms. The largest absolute Gasteiger partial charge is 0.544 e. The highest BCUT2D eigenvalue weighted by atomic mass is 16.4. The molecule has 0 aromatic rings. The molecule has 0 aromatic carbocycles. The second-order valence-corrected chi connectivity index (χ2v) is 5.20. The number of hydrogen-bond acceptors (Lipinski definition) is 3. The van der Waals surface area contributed by atoms with Crippen molar-refractivity contribution < 1.29 is 19.5 Å². The topological polar surface area (TPSA) is 60.4 Å². The number of rotatable bonds is 10. The van der Waals surface area contributed by atoms with Crippen molar-refractivity contribution in [3.8, 4) is 0 Å². The number of carboxylic acid groups (broad SMARTS) is 1. The number of quaternary nitrogens is 1. The molecule has 0 rings (SSSR count). The Bertz CT molecular complexity index is 296. The van der Waals surface area contributed by atoms with Crippen LogP contribution in [0.25, 0.3) is 0 Å². The number of carbonyl (C=O) groups excluding carboxylic acids is 1. The fraction of sp³-hybridized carbons (Fsp3) is 0.800. The summed E-state index contributed by atoms with van der Waals surface area (Å²) < 4.78 is 0.332. The third-order valence-corrected chi connectivity index (χ3v) is 4.09. The summed E-state index contributed by atoms with van der Waals surface area (Å²) >= 11 is 0. The summed E-state index contributed by atoms with van der Waals surface area (Å²) in [5.41, 5.74) is 0. The van der Waals surface area contributed by atoms with E-state index in [-0.39, 0.29) is 0 Å². The zero-order chi connectivity index (χ0) is 14.9. The van der Waals surface area contributed by atoms with Crippen LogP contribution in [0.2, 0.25) is 0 Å². The van der Waals surface area contributed by atoms with Crippen LogP contribution in [0, 0.1) is 0 Å². The number of carbonyl (C=O) groups is 1. The second-order valence-electron chi connectivity index (χ2n) is 5.20. The molecule has 4 nitrogen and oxygen atoms in total. The van der Waals surface area contributed by atoms with Gasteiger partial charge in [-0.1, -0.05) is 19.8 Å². The number of aliphatic hydroxyl groups excluding tert-OH is 1. The summed E-state index contributed by atoms with van der Waals surface area (Å²) in [7, 11) is 0. The number of hydrogen-bond donors (Lipinski definition) is 1. The molecule has 1 N–H and O–H groups in total. The van der Waals surface area contributed by atoms with Gasteiger partial charge in [0.15, 0.2) is 0 Å². The normalized spacial score (nSPS) is 14.4. The van der Waals surface area contributed by atoms with Crippen LogP contribution >= 0.6 is 0 Å². The second kappa shape index (κ2) is 8.97. The van der Waals surface area contributed by atoms with Crippen LogP contribution < -0.4 is 5.11 Å². The van der Waals surface area contributed by atoms with Crippen molar-refractivity contribution in [3.63, 3.8) is 0 Å². The monoisotopic (exact) mass is 271 g/mol. The van der Waals surface area contributed by atoms with Crippen LogP contribution in [-0.4, -0.2) is 41.2 Å². The van der Waals surface area contributed by atoms with Gasteiger partial charge < -0.3 is 19.5 Å². The maximum absolute atomic E-state index is 11.1. The molecule has 1 unspecified atom stereocenters. The number of carboxylic acids is 1. The smallest absolute Gasteiger partial charge is 0.143 e. The number of allylic oxidation sites excluding steroid dienone is 1. The lowest BCUT2D eigenvalue weighted by Crippen LogP contribution is -2.61. The third kappa shape index (κ3) is 5.64. The van der Waals surface area contributed by atoms with Gasteiger partial charge in [-0.15, -0.1) is 0 Å². The molecule has 0 bridgehead atoms. The predicted octanol–water partition coefficient (Wildman–Crippen LogP) is 2.00. The SMILES string of the molecule is CCCCC/C=C(\O)C[N+](CC)(CC)C(C)C(=O)[O-]. The molecule has 0 spiro atoms. The molecule has 0 heterocycles. The molecule has 0 radical (unpaired) electrons. The van der Waals surface area contributed by atoms with E-state index in [2.05, 4.69) is 6.92 Å². The zero-order valence-corrected chi connectivity index (χ0v) is 12.8. The fourth-order valence-electron chi connectivity index (χ4n) is 2.41. The van der Waals surface area contributed by atoms with Gasteiger partial charge in [-0.3, -0.25) is 0 Å². The number of unbranched alkanes of at least 4 members (excludes halogenated alkanes) is 3. The van der Waals surface area contributed by atoms with E-state index < -0.39 is 12.0 Å². The highest BCUT2D eigenvalue weighted by Crippen LogP contribution is 2.16. The van der Waals surface area contributed by atoms with E-state index in [1.165, 1.54) is 0 Å². The minimum Gasteiger partial charge on any atom is -0.544 e. The van der Waals surface area contributed by atoms with E-state index in [0.717, 1.165) is 25.7 Å². The molecule has 0 saturated carbocycles. The fourth-order valence-corrected chi connectivity index (χ4v) is 2.41. The summed E-state index contributed by atoms with van der Waals surface area (Å²) in [4.78, 5) is 11.1. The Morgan fingerprint density at radius 1 is 1.26 bits per heavy atom. The first-order valence-corrected chi connectivity index (χ1v) is 7.38. The average molecular weight is 271 g/mol. The Morgan fingerprint density at radius 2 is 1.84 bits per heavy atom. The van der Waals surface area contributed by atoms with Crippen LogP contribution in [0.5, 0.6) is 0 Å². The van der Waals surface area contributed by atoms with E-state index in [4.69, 9.17) is 0 Å². The molecule has 0 aliphatic rings. The first-order valence-electron chi connectivity index (χ1n) is 7.38. The Hall–Kier alpha value is -1.03. The molecule has 0 aromatic heterocycles. The highest BCUT2D eigenvalue weighted by Gasteiger charge is 2.32. The molecule has 0 aliphatic carbocycles. The minimum absolute atomic E-state index is 0.299. The van der Waals surface area contributed by atoms with E-state index in [1.54, 1.807) is 6.92 Å². The van der Waals surface area contributed by atoms with E-state index >= 15 is 0 Å². The number of likely N-dealkylation sites (N-methyl/N-ethyl adjacent to an activating group) is 1. The van der Waals surface area contributed by atoms with Gasteiger partial charge in [-0.05, 0) is 39.7 Å². The molecule has 0 saturated heterocycles. The third-order valence-electron chi connectivity index (χ3n) is 4.09. The molecule has 19 heavy (non-hydrogen) atoms. The maximum Gasteiger partial charge on any atom is 0.143 e. The molecule has 112 valence electrons. The van der Waals surface area contributed by atoms with E-state index in [9.17, 15) is 15.0 Å². The Kier molecular flexibility index (Phi) is 8.48. The molecular formula is C15H29NO3. The van der Waals surface area contributed by atoms with Crippen molar-refractivity contribution in [1.82, 2.24) is 0 Å². The number of aliphatic hydroxyl groups is 1. The van der Waals surface area contributed by atoms with Crippen molar-refractivity contribution >= 4 is 5.97 Å². The molecule has 0 fully saturated rings. The zero-order valence-electron chi connectivity index (χ0n) is 12.8. The minimum atomic E-state index is -1.05. The molecular weight excluding hydrogens is 242 g/mol. The summed E-state index contributed by atoms with van der Waals surface area (Å²) in [6.45, 7) is 9.40. The number of nitrogens with zero attached hydrogens (tertiary/aromatic N) is 1. The summed E-state index contributed by atoms with van der Waals surface area (Å²) in [5.74, 6) is -0.754. The lowest BCUT2D eigenvalue weighted by atomic mass is 10.1. The standard InChI is InChI=1S/C15H29NO3/c1-5-8-9-10-11-14(17)12-16(6-2,7-3)13(4)15(18)19/h11,13H,5-10,12H2,1-4H3,(H-,17,18,19)/b14-11-. The first-order chi connectivity index (χ1) is 8.93. The van der Waals surface area contributed by atoms with Gasteiger partial charge >= 0.3 is 0 Å². The van der Waals surface area contributed by atoms with Gasteiger partial charge in [-0.2, -0.15) is 0 Å². The van der Waals surface area contributed by atoms with Crippen LogP contribution in [0.4, 0.5) is 0 Å². The maximum atomic E-state index is 11.1. The summed E-state index contributed by atoms with van der Waals surface area (Å²) in [5, 5.41) is 21.1. The van der Waals surface area contributed by atoms with Gasteiger partial charge in [0.25, 0.3) is 0 Å². The molecule has 0 aliphatic heterocycles. The van der Waals surface area contributed by atoms with Gasteiger partial charge in [0, 0.05) is 0 Å². The molecule has 1 atom stereocenters. The van der Waals surface area contributed by atoms with Crippen molar-refractivity contribution in [3.05, 3.63) is 11.8 Å². The van der Waals surface area contributed by atoms with Crippen molar-refractivity contribution in [1.29, 1.82) is 0 Å². The van der Waals surface area contributed by atoms with Gasteiger partial charge in [-0.25, -0.2) is 0 Å². The quantitative estimate of drug-likeness (QED) is 0.375. The highest BCUT2D eigenvalue weighted by molar-refractivity contribution is 5.69. The van der Waals surface area contributed by atoms with Crippen LogP contribution in [-0.2, 0) is 4.79 Å². The Balaban J connectivity index is 4.69. The van der Waals surface area contributed by atoms with E-state index in [1.807, 2.05) is 19.9 Å². The number of aliphatic carboxylic acids is 1. The van der Waals surface area contributed by atoms with Gasteiger partial charge in [0.05, 0.1) is 19.1 Å². The molecule has 0 amide bonds. The summed E-state index contributed by atoms with van der Waals surface area (Å²) in [6, 6.07) is -0.610.